The zero-order valence-electron chi connectivity index (χ0n) is 15.8. The molecule has 2 aliphatic heterocycles. The summed E-state index contributed by atoms with van der Waals surface area (Å²) in [5.74, 6) is -0.0670. The number of benzene rings is 1. The lowest BCUT2D eigenvalue weighted by Crippen LogP contribution is -2.52. The molecule has 0 aromatic heterocycles. The van der Waals surface area contributed by atoms with Crippen molar-refractivity contribution in [3.63, 3.8) is 0 Å². The molecule has 1 amide bonds. The van der Waals surface area contributed by atoms with E-state index < -0.39 is 10.0 Å². The number of rotatable bonds is 6. The minimum Gasteiger partial charge on any atom is -0.383 e. The molecule has 1 aromatic rings. The van der Waals surface area contributed by atoms with E-state index in [9.17, 15) is 13.2 Å². The van der Waals surface area contributed by atoms with Crippen molar-refractivity contribution in [2.45, 2.75) is 43.0 Å². The zero-order chi connectivity index (χ0) is 18.8. The van der Waals surface area contributed by atoms with Gasteiger partial charge in [0, 0.05) is 32.8 Å². The van der Waals surface area contributed by atoms with Gasteiger partial charge in [-0.2, -0.15) is 0 Å². The smallest absolute Gasteiger partial charge is 0.240 e. The highest BCUT2D eigenvalue weighted by atomic mass is 35.5. The second-order valence-corrected chi connectivity index (χ2v) is 8.90. The summed E-state index contributed by atoms with van der Waals surface area (Å²) in [6.45, 7) is 3.72. The van der Waals surface area contributed by atoms with E-state index in [2.05, 4.69) is 10.0 Å². The minimum atomic E-state index is -3.67. The Morgan fingerprint density at radius 2 is 2.15 bits per heavy atom. The number of sulfonamides is 1. The van der Waals surface area contributed by atoms with Crippen LogP contribution in [0.5, 0.6) is 0 Å². The highest BCUT2D eigenvalue weighted by Gasteiger charge is 2.35. The number of hydrogen-bond acceptors (Lipinski definition) is 5. The monoisotopic (exact) mass is 417 g/mol. The van der Waals surface area contributed by atoms with Crippen molar-refractivity contribution in [1.82, 2.24) is 10.0 Å². The van der Waals surface area contributed by atoms with Crippen molar-refractivity contribution >= 4 is 34.0 Å². The van der Waals surface area contributed by atoms with Crippen LogP contribution in [0.1, 0.15) is 31.7 Å². The highest BCUT2D eigenvalue weighted by Crippen LogP contribution is 2.30. The van der Waals surface area contributed by atoms with Crippen LogP contribution in [0.4, 0.5) is 5.69 Å². The number of hydrogen-bond donors (Lipinski definition) is 2. The number of carbonyl (C=O) groups is 1. The van der Waals surface area contributed by atoms with Gasteiger partial charge in [0.05, 0.1) is 17.0 Å². The number of nitrogens with zero attached hydrogens (tertiary/aromatic N) is 1. The average molecular weight is 418 g/mol. The molecule has 1 unspecified atom stereocenters. The molecule has 152 valence electrons. The molecule has 2 heterocycles. The maximum absolute atomic E-state index is 12.8. The normalized spacial score (nSPS) is 22.2. The van der Waals surface area contributed by atoms with Gasteiger partial charge in [-0.05, 0) is 49.9 Å². The quantitative estimate of drug-likeness (QED) is 0.731. The Morgan fingerprint density at radius 3 is 2.78 bits per heavy atom. The first kappa shape index (κ1) is 22.1. The summed E-state index contributed by atoms with van der Waals surface area (Å²) >= 11 is 0. The summed E-state index contributed by atoms with van der Waals surface area (Å²) in [6.07, 6.45) is 3.61. The molecule has 0 radical (unpaired) electrons. The Morgan fingerprint density at radius 1 is 1.37 bits per heavy atom. The molecule has 3 rings (SSSR count). The summed E-state index contributed by atoms with van der Waals surface area (Å²) in [7, 11) is -2.05. The fourth-order valence-corrected chi connectivity index (χ4v) is 4.98. The standard InChI is InChI=1S/C18H27N3O4S.ClH/c1-14(22)21-10-3-5-15-6-7-16(11-17(15)21)26(23,24)20-12-18(13-25-2)8-4-9-19-18;/h6-7,11,19-20H,3-5,8-10,12-13H2,1-2H3;1H. The van der Waals surface area contributed by atoms with E-state index in [1.54, 1.807) is 24.1 Å². The molecule has 0 saturated carbocycles. The zero-order valence-corrected chi connectivity index (χ0v) is 17.4. The SMILES string of the molecule is COCC1(CNS(=O)(=O)c2ccc3c(c2)N(C(C)=O)CCC3)CCCN1.Cl. The Balaban J connectivity index is 0.00000261. The van der Waals surface area contributed by atoms with E-state index >= 15 is 0 Å². The van der Waals surface area contributed by atoms with Gasteiger partial charge in [0.25, 0.3) is 0 Å². The second-order valence-electron chi connectivity index (χ2n) is 7.13. The van der Waals surface area contributed by atoms with Gasteiger partial charge in [0.15, 0.2) is 0 Å². The average Bonchev–Trinajstić information content (AvgIpc) is 3.08. The number of anilines is 1. The Kier molecular flexibility index (Phi) is 7.27. The molecule has 1 saturated heterocycles. The molecule has 1 atom stereocenters. The van der Waals surface area contributed by atoms with Crippen LogP contribution < -0.4 is 14.9 Å². The van der Waals surface area contributed by atoms with Gasteiger partial charge in [-0.25, -0.2) is 13.1 Å². The predicted octanol–water partition coefficient (Wildman–Crippen LogP) is 1.45. The van der Waals surface area contributed by atoms with Gasteiger partial charge < -0.3 is 15.0 Å². The molecule has 1 aromatic carbocycles. The fourth-order valence-electron chi connectivity index (χ4n) is 3.84. The van der Waals surface area contributed by atoms with Gasteiger partial charge in [0.2, 0.25) is 15.9 Å². The number of amides is 1. The Hall–Kier alpha value is -1.19. The van der Waals surface area contributed by atoms with E-state index in [0.717, 1.165) is 37.8 Å². The van der Waals surface area contributed by atoms with E-state index in [1.165, 1.54) is 6.92 Å². The molecule has 0 spiro atoms. The van der Waals surface area contributed by atoms with Gasteiger partial charge in [-0.15, -0.1) is 12.4 Å². The maximum atomic E-state index is 12.8. The molecule has 1 fully saturated rings. The molecule has 0 bridgehead atoms. The van der Waals surface area contributed by atoms with Crippen LogP contribution in [0.25, 0.3) is 0 Å². The Labute approximate surface area is 167 Å². The van der Waals surface area contributed by atoms with Crippen molar-refractivity contribution < 1.29 is 17.9 Å². The minimum absolute atomic E-state index is 0. The molecule has 9 heteroatoms. The fraction of sp³-hybridized carbons (Fsp3) is 0.611. The van der Waals surface area contributed by atoms with Crippen LogP contribution in [0.15, 0.2) is 23.1 Å². The molecular formula is C18H28ClN3O4S. The molecular weight excluding hydrogens is 390 g/mol. The number of carbonyl (C=O) groups excluding carboxylic acids is 1. The van der Waals surface area contributed by atoms with Crippen LogP contribution in [-0.2, 0) is 26.0 Å². The largest absolute Gasteiger partial charge is 0.383 e. The number of aryl methyl sites for hydroxylation is 1. The van der Waals surface area contributed by atoms with Crippen LogP contribution >= 0.6 is 12.4 Å². The maximum Gasteiger partial charge on any atom is 0.240 e. The summed E-state index contributed by atoms with van der Waals surface area (Å²) in [4.78, 5) is 13.7. The van der Waals surface area contributed by atoms with Crippen molar-refractivity contribution in [2.75, 3.05) is 38.3 Å². The van der Waals surface area contributed by atoms with Crippen LogP contribution in [0.2, 0.25) is 0 Å². The van der Waals surface area contributed by atoms with Crippen LogP contribution in [0.3, 0.4) is 0 Å². The summed E-state index contributed by atoms with van der Waals surface area (Å²) < 4.78 is 33.6. The topological polar surface area (TPSA) is 87.7 Å². The van der Waals surface area contributed by atoms with Crippen LogP contribution in [0, 0.1) is 0 Å². The van der Waals surface area contributed by atoms with Crippen molar-refractivity contribution in [1.29, 1.82) is 0 Å². The van der Waals surface area contributed by atoms with Gasteiger partial charge in [-0.1, -0.05) is 6.07 Å². The number of nitrogens with one attached hydrogen (secondary N) is 2. The van der Waals surface area contributed by atoms with E-state index in [0.29, 0.717) is 18.8 Å². The Bertz CT molecular complexity index is 779. The molecule has 7 nitrogen and oxygen atoms in total. The summed E-state index contributed by atoms with van der Waals surface area (Å²) in [6, 6.07) is 5.05. The highest BCUT2D eigenvalue weighted by molar-refractivity contribution is 7.89. The lowest BCUT2D eigenvalue weighted by atomic mass is 9.99. The van der Waals surface area contributed by atoms with Crippen molar-refractivity contribution in [3.05, 3.63) is 23.8 Å². The first-order valence-electron chi connectivity index (χ1n) is 9.02. The summed E-state index contributed by atoms with van der Waals surface area (Å²) in [5.41, 5.74) is 1.36. The van der Waals surface area contributed by atoms with Crippen molar-refractivity contribution in [3.8, 4) is 0 Å². The lowest BCUT2D eigenvalue weighted by molar-refractivity contribution is -0.116. The molecule has 2 aliphatic rings. The first-order chi connectivity index (χ1) is 12.4. The lowest BCUT2D eigenvalue weighted by Gasteiger charge is -2.30. The summed E-state index contributed by atoms with van der Waals surface area (Å²) in [5, 5.41) is 3.36. The number of halogens is 1. The van der Waals surface area contributed by atoms with E-state index in [4.69, 9.17) is 4.74 Å². The van der Waals surface area contributed by atoms with Crippen molar-refractivity contribution in [2.24, 2.45) is 0 Å². The molecule has 2 N–H and O–H groups in total. The van der Waals surface area contributed by atoms with Gasteiger partial charge in [-0.3, -0.25) is 4.79 Å². The number of methoxy groups -OCH3 is 1. The second kappa shape index (κ2) is 8.87. The van der Waals surface area contributed by atoms with Crippen LogP contribution in [-0.4, -0.2) is 53.2 Å². The van der Waals surface area contributed by atoms with E-state index in [-0.39, 0.29) is 35.3 Å². The third-order valence-electron chi connectivity index (χ3n) is 5.22. The third kappa shape index (κ3) is 4.81. The third-order valence-corrected chi connectivity index (χ3v) is 6.62. The predicted molar refractivity (Wildman–Crippen MR) is 107 cm³/mol. The van der Waals surface area contributed by atoms with Gasteiger partial charge in [0.1, 0.15) is 0 Å². The first-order valence-corrected chi connectivity index (χ1v) is 10.5. The van der Waals surface area contributed by atoms with Gasteiger partial charge >= 0.3 is 0 Å². The molecule has 0 aliphatic carbocycles. The molecule has 27 heavy (non-hydrogen) atoms. The number of ether oxygens (including phenoxy) is 1. The van der Waals surface area contributed by atoms with E-state index in [1.807, 2.05) is 6.07 Å². The number of fused-ring (bicyclic) bond motifs is 1.